The first kappa shape index (κ1) is 15.2. The second-order valence-electron chi connectivity index (χ2n) is 6.95. The van der Waals surface area contributed by atoms with Gasteiger partial charge in [0.05, 0.1) is 8.95 Å². The molecule has 0 unspecified atom stereocenters. The smallest absolute Gasteiger partial charge is 0.135 e. The molecule has 0 amide bonds. The van der Waals surface area contributed by atoms with Crippen molar-refractivity contribution in [2.24, 2.45) is 5.41 Å². The summed E-state index contributed by atoms with van der Waals surface area (Å²) in [4.78, 5) is 0. The van der Waals surface area contributed by atoms with Gasteiger partial charge in [0.15, 0.2) is 0 Å². The van der Waals surface area contributed by atoms with Gasteiger partial charge in [0, 0.05) is 11.1 Å². The Morgan fingerprint density at radius 3 is 1.21 bits per heavy atom. The minimum atomic E-state index is -0.239. The molecule has 0 aliphatic heterocycles. The molecule has 0 radical (unpaired) electrons. The van der Waals surface area contributed by atoms with Gasteiger partial charge in [-0.25, -0.2) is 0 Å². The minimum absolute atomic E-state index is 0.0997. The van der Waals surface area contributed by atoms with Crippen LogP contribution in [0.4, 0.5) is 0 Å². The van der Waals surface area contributed by atoms with E-state index in [0.717, 1.165) is 11.1 Å². The standard InChI is InChI=1S/C15H20Br2O2/c1-13(2)7-8(14(3,4)15(13,5)6)12(19)10(17)9(16)11(7)18/h18-19H,1-6H3. The first-order valence-electron chi connectivity index (χ1n) is 6.33. The molecule has 0 saturated carbocycles. The summed E-state index contributed by atoms with van der Waals surface area (Å²) in [7, 11) is 0. The van der Waals surface area contributed by atoms with Gasteiger partial charge in [-0.2, -0.15) is 0 Å². The lowest BCUT2D eigenvalue weighted by Gasteiger charge is -2.44. The van der Waals surface area contributed by atoms with Crippen molar-refractivity contribution in [1.82, 2.24) is 0 Å². The van der Waals surface area contributed by atoms with E-state index in [2.05, 4.69) is 73.4 Å². The highest BCUT2D eigenvalue weighted by molar-refractivity contribution is 9.13. The molecule has 2 rings (SSSR count). The average Bonchev–Trinajstić information content (AvgIpc) is 2.39. The molecule has 0 heterocycles. The molecule has 0 saturated heterocycles. The highest BCUT2D eigenvalue weighted by Gasteiger charge is 2.59. The number of hydrogen-bond acceptors (Lipinski definition) is 2. The number of halogens is 2. The van der Waals surface area contributed by atoms with E-state index < -0.39 is 0 Å². The van der Waals surface area contributed by atoms with Crippen LogP contribution in [0.3, 0.4) is 0 Å². The zero-order valence-electron chi connectivity index (χ0n) is 12.2. The highest BCUT2D eigenvalue weighted by atomic mass is 79.9. The number of hydrogen-bond donors (Lipinski definition) is 2. The lowest BCUT2D eigenvalue weighted by Crippen LogP contribution is -2.42. The van der Waals surface area contributed by atoms with E-state index >= 15 is 0 Å². The summed E-state index contributed by atoms with van der Waals surface area (Å²) < 4.78 is 1.04. The number of phenolic OH excluding ortho intramolecular Hbond substituents is 2. The van der Waals surface area contributed by atoms with Gasteiger partial charge in [0.25, 0.3) is 0 Å². The van der Waals surface area contributed by atoms with Crippen LogP contribution in [0.25, 0.3) is 0 Å². The molecule has 0 aromatic heterocycles. The summed E-state index contributed by atoms with van der Waals surface area (Å²) in [6.45, 7) is 12.9. The van der Waals surface area contributed by atoms with Crippen LogP contribution in [0, 0.1) is 5.41 Å². The third-order valence-corrected chi connectivity index (χ3v) is 7.78. The second kappa shape index (κ2) is 3.91. The molecule has 106 valence electrons. The third kappa shape index (κ3) is 1.53. The molecule has 1 aliphatic carbocycles. The van der Waals surface area contributed by atoms with E-state index in [-0.39, 0.29) is 27.7 Å². The Morgan fingerprint density at radius 2 is 0.947 bits per heavy atom. The van der Waals surface area contributed by atoms with E-state index in [4.69, 9.17) is 0 Å². The van der Waals surface area contributed by atoms with Gasteiger partial charge >= 0.3 is 0 Å². The molecule has 0 atom stereocenters. The predicted molar refractivity (Wildman–Crippen MR) is 85.0 cm³/mol. The van der Waals surface area contributed by atoms with Crippen LogP contribution in [0.5, 0.6) is 11.5 Å². The second-order valence-corrected chi connectivity index (χ2v) is 8.54. The molecule has 2 N–H and O–H groups in total. The van der Waals surface area contributed by atoms with Gasteiger partial charge in [0.2, 0.25) is 0 Å². The van der Waals surface area contributed by atoms with Crippen LogP contribution in [0.15, 0.2) is 8.95 Å². The summed E-state index contributed by atoms with van der Waals surface area (Å²) in [6.07, 6.45) is 0. The molecule has 0 fully saturated rings. The average molecular weight is 392 g/mol. The molecule has 0 bridgehead atoms. The molecule has 0 spiro atoms. The lowest BCUT2D eigenvalue weighted by molar-refractivity contribution is 0.122. The largest absolute Gasteiger partial charge is 0.506 e. The van der Waals surface area contributed by atoms with Crippen molar-refractivity contribution >= 4 is 31.9 Å². The molecular formula is C15H20Br2O2. The Hall–Kier alpha value is -0.220. The van der Waals surface area contributed by atoms with E-state index in [0.29, 0.717) is 8.95 Å². The summed E-state index contributed by atoms with van der Waals surface area (Å²) in [5.74, 6) is 0.451. The Bertz CT molecular complexity index is 523. The van der Waals surface area contributed by atoms with E-state index in [1.165, 1.54) is 0 Å². The van der Waals surface area contributed by atoms with Crippen LogP contribution in [0.2, 0.25) is 0 Å². The maximum atomic E-state index is 10.5. The van der Waals surface area contributed by atoms with Gasteiger partial charge in [-0.05, 0) is 48.1 Å². The Labute approximate surface area is 131 Å². The van der Waals surface area contributed by atoms with Crippen LogP contribution in [-0.2, 0) is 10.8 Å². The van der Waals surface area contributed by atoms with Gasteiger partial charge in [0.1, 0.15) is 11.5 Å². The third-order valence-electron chi connectivity index (χ3n) is 5.71. The summed E-state index contributed by atoms with van der Waals surface area (Å²) in [5.41, 5.74) is 1.11. The topological polar surface area (TPSA) is 40.5 Å². The van der Waals surface area contributed by atoms with Crippen molar-refractivity contribution in [3.05, 3.63) is 20.1 Å². The summed E-state index contributed by atoms with van der Waals surface area (Å²) >= 11 is 6.71. The predicted octanol–water partition coefficient (Wildman–Crippen LogP) is 5.22. The minimum Gasteiger partial charge on any atom is -0.506 e. The first-order chi connectivity index (χ1) is 8.39. The monoisotopic (exact) mass is 390 g/mol. The fraction of sp³-hybridized carbons (Fsp3) is 0.600. The summed E-state index contributed by atoms with van der Waals surface area (Å²) in [5, 5.41) is 21.1. The van der Waals surface area contributed by atoms with Crippen molar-refractivity contribution in [2.75, 3.05) is 0 Å². The number of aromatic hydroxyl groups is 2. The lowest BCUT2D eigenvalue weighted by atomic mass is 9.59. The van der Waals surface area contributed by atoms with Crippen LogP contribution >= 0.6 is 31.9 Å². The number of fused-ring (bicyclic) bond motifs is 1. The van der Waals surface area contributed by atoms with Crippen LogP contribution in [-0.4, -0.2) is 10.2 Å². The van der Waals surface area contributed by atoms with Crippen molar-refractivity contribution in [3.8, 4) is 11.5 Å². The van der Waals surface area contributed by atoms with Crippen molar-refractivity contribution in [2.45, 2.75) is 52.4 Å². The van der Waals surface area contributed by atoms with Gasteiger partial charge in [-0.15, -0.1) is 0 Å². The van der Waals surface area contributed by atoms with E-state index in [9.17, 15) is 10.2 Å². The summed E-state index contributed by atoms with van der Waals surface area (Å²) in [6, 6.07) is 0. The Kier molecular flexibility index (Phi) is 3.12. The highest BCUT2D eigenvalue weighted by Crippen LogP contribution is 2.67. The van der Waals surface area contributed by atoms with Crippen molar-refractivity contribution in [3.63, 3.8) is 0 Å². The molecular weight excluding hydrogens is 372 g/mol. The van der Waals surface area contributed by atoms with E-state index in [1.54, 1.807) is 0 Å². The fourth-order valence-electron chi connectivity index (χ4n) is 3.29. The van der Waals surface area contributed by atoms with Crippen LogP contribution < -0.4 is 0 Å². The molecule has 19 heavy (non-hydrogen) atoms. The number of benzene rings is 1. The zero-order chi connectivity index (χ0) is 15.0. The van der Waals surface area contributed by atoms with Crippen molar-refractivity contribution < 1.29 is 10.2 Å². The fourth-order valence-corrected chi connectivity index (χ4v) is 4.06. The SMILES string of the molecule is CC1(C)c2c(O)c(Br)c(Br)c(O)c2C(C)(C)C1(C)C. The molecule has 2 nitrogen and oxygen atoms in total. The van der Waals surface area contributed by atoms with E-state index in [1.807, 2.05) is 0 Å². The molecule has 4 heteroatoms. The normalized spacial score (nSPS) is 22.3. The Morgan fingerprint density at radius 1 is 0.684 bits per heavy atom. The number of phenols is 2. The Balaban J connectivity index is 3.02. The molecule has 1 aromatic carbocycles. The quantitative estimate of drug-likeness (QED) is 0.595. The maximum absolute atomic E-state index is 10.5. The molecule has 1 aromatic rings. The molecule has 1 aliphatic rings. The van der Waals surface area contributed by atoms with Crippen LogP contribution in [0.1, 0.15) is 52.7 Å². The first-order valence-corrected chi connectivity index (χ1v) is 7.91. The number of rotatable bonds is 0. The van der Waals surface area contributed by atoms with Gasteiger partial charge in [-0.3, -0.25) is 0 Å². The van der Waals surface area contributed by atoms with Gasteiger partial charge < -0.3 is 10.2 Å². The van der Waals surface area contributed by atoms with Gasteiger partial charge in [-0.1, -0.05) is 41.5 Å². The maximum Gasteiger partial charge on any atom is 0.135 e. The van der Waals surface area contributed by atoms with Crippen molar-refractivity contribution in [1.29, 1.82) is 0 Å². The zero-order valence-corrected chi connectivity index (χ0v) is 15.3.